The fraction of sp³-hybridized carbons (Fsp3) is 0.429. The Morgan fingerprint density at radius 2 is 1.85 bits per heavy atom. The molecule has 27 heavy (non-hydrogen) atoms. The molecule has 3 rings (SSSR count). The Morgan fingerprint density at radius 1 is 1.15 bits per heavy atom. The van der Waals surface area contributed by atoms with Crippen LogP contribution in [-0.4, -0.2) is 17.4 Å². The molecule has 0 radical (unpaired) electrons. The number of halogens is 2. The maximum absolute atomic E-state index is 11.6. The van der Waals surface area contributed by atoms with E-state index in [1.54, 1.807) is 6.07 Å². The highest BCUT2D eigenvalue weighted by molar-refractivity contribution is 6.36. The van der Waals surface area contributed by atoms with E-state index in [0.29, 0.717) is 27.4 Å². The molecule has 1 aliphatic carbocycles. The summed E-state index contributed by atoms with van der Waals surface area (Å²) >= 11 is 12.6. The van der Waals surface area contributed by atoms with E-state index >= 15 is 0 Å². The second-order valence-electron chi connectivity index (χ2n) is 7.49. The van der Waals surface area contributed by atoms with Gasteiger partial charge in [-0.2, -0.15) is 0 Å². The van der Waals surface area contributed by atoms with E-state index in [2.05, 4.69) is 29.4 Å². The number of hydrogen-bond donors (Lipinski definition) is 2. The number of primary amides is 1. The van der Waals surface area contributed by atoms with E-state index in [1.165, 1.54) is 5.56 Å². The normalized spacial score (nSPS) is 19.7. The Hall–Kier alpha value is -1.78. The summed E-state index contributed by atoms with van der Waals surface area (Å²) in [5.74, 6) is 1.31. The number of carbonyl (C=O) groups excluding carboxylic acids is 1. The molecule has 0 unspecified atom stereocenters. The van der Waals surface area contributed by atoms with Crippen LogP contribution >= 0.6 is 23.2 Å². The fourth-order valence-corrected chi connectivity index (χ4v) is 4.53. The van der Waals surface area contributed by atoms with Crippen LogP contribution < -0.4 is 11.1 Å². The third-order valence-electron chi connectivity index (χ3n) is 5.29. The highest BCUT2D eigenvalue weighted by atomic mass is 35.5. The zero-order chi connectivity index (χ0) is 19.6. The summed E-state index contributed by atoms with van der Waals surface area (Å²) in [4.78, 5) is 16.1. The summed E-state index contributed by atoms with van der Waals surface area (Å²) in [6, 6.07) is 7.57. The number of amides is 1. The van der Waals surface area contributed by atoms with E-state index in [-0.39, 0.29) is 0 Å². The standard InChI is InChI=1S/C21H25Cl2N3O/c1-12-7-13(2)26-19(8-12)25-11-14-3-5-15(6-4-14)17-9-16(22)10-18(20(17)23)21(24)27/h7-10,14-15H,3-6,11H2,1-2H3,(H2,24,27)(H,25,26). The number of carbonyl (C=O) groups is 1. The molecule has 4 nitrogen and oxygen atoms in total. The largest absolute Gasteiger partial charge is 0.370 e. The summed E-state index contributed by atoms with van der Waals surface area (Å²) in [5.41, 5.74) is 8.92. The quantitative estimate of drug-likeness (QED) is 0.690. The maximum atomic E-state index is 11.6. The molecule has 3 N–H and O–H groups in total. The van der Waals surface area contributed by atoms with Crippen molar-refractivity contribution < 1.29 is 4.79 Å². The minimum atomic E-state index is -0.539. The number of hydrogen-bond acceptors (Lipinski definition) is 3. The Labute approximate surface area is 170 Å². The second kappa shape index (κ2) is 8.49. The van der Waals surface area contributed by atoms with Gasteiger partial charge in [-0.3, -0.25) is 4.79 Å². The molecule has 0 aliphatic heterocycles. The lowest BCUT2D eigenvalue weighted by Crippen LogP contribution is -2.21. The number of benzene rings is 1. The lowest BCUT2D eigenvalue weighted by atomic mass is 9.78. The molecule has 2 aromatic rings. The van der Waals surface area contributed by atoms with Gasteiger partial charge in [0.15, 0.2) is 0 Å². The van der Waals surface area contributed by atoms with Crippen LogP contribution in [0.2, 0.25) is 10.0 Å². The molecule has 1 aliphatic rings. The smallest absolute Gasteiger partial charge is 0.250 e. The molecule has 0 atom stereocenters. The summed E-state index contributed by atoms with van der Waals surface area (Å²) < 4.78 is 0. The molecule has 1 amide bonds. The van der Waals surface area contributed by atoms with Crippen LogP contribution in [0.15, 0.2) is 24.3 Å². The molecule has 1 aromatic heterocycles. The van der Waals surface area contributed by atoms with Crippen LogP contribution in [0.4, 0.5) is 5.82 Å². The van der Waals surface area contributed by atoms with Gasteiger partial charge < -0.3 is 11.1 Å². The van der Waals surface area contributed by atoms with Gasteiger partial charge in [-0.15, -0.1) is 0 Å². The molecule has 0 spiro atoms. The van der Waals surface area contributed by atoms with Gasteiger partial charge in [-0.1, -0.05) is 23.2 Å². The molecule has 1 fully saturated rings. The van der Waals surface area contributed by atoms with Crippen LogP contribution in [0.5, 0.6) is 0 Å². The molecule has 0 bridgehead atoms. The van der Waals surface area contributed by atoms with Crippen LogP contribution in [0.3, 0.4) is 0 Å². The van der Waals surface area contributed by atoms with Crippen molar-refractivity contribution in [3.8, 4) is 0 Å². The van der Waals surface area contributed by atoms with E-state index in [0.717, 1.165) is 49.3 Å². The van der Waals surface area contributed by atoms with Crippen LogP contribution in [0, 0.1) is 19.8 Å². The van der Waals surface area contributed by atoms with E-state index < -0.39 is 5.91 Å². The average Bonchev–Trinajstić information content (AvgIpc) is 2.61. The van der Waals surface area contributed by atoms with E-state index in [4.69, 9.17) is 28.9 Å². The number of anilines is 1. The van der Waals surface area contributed by atoms with Crippen molar-refractivity contribution in [2.75, 3.05) is 11.9 Å². The van der Waals surface area contributed by atoms with Crippen LogP contribution in [0.25, 0.3) is 0 Å². The molecule has 1 aromatic carbocycles. The topological polar surface area (TPSA) is 68.0 Å². The van der Waals surface area contributed by atoms with Gasteiger partial charge in [0.05, 0.1) is 10.6 Å². The van der Waals surface area contributed by atoms with Gasteiger partial charge >= 0.3 is 0 Å². The highest BCUT2D eigenvalue weighted by Crippen LogP contribution is 2.40. The summed E-state index contributed by atoms with van der Waals surface area (Å²) in [7, 11) is 0. The van der Waals surface area contributed by atoms with Crippen molar-refractivity contribution in [3.63, 3.8) is 0 Å². The van der Waals surface area contributed by atoms with Gasteiger partial charge in [0.1, 0.15) is 5.82 Å². The zero-order valence-electron chi connectivity index (χ0n) is 15.7. The second-order valence-corrected chi connectivity index (χ2v) is 8.30. The summed E-state index contributed by atoms with van der Waals surface area (Å²) in [6.45, 7) is 5.01. The van der Waals surface area contributed by atoms with Crippen molar-refractivity contribution in [1.29, 1.82) is 0 Å². The third kappa shape index (κ3) is 4.94. The van der Waals surface area contributed by atoms with Gasteiger partial charge in [0.25, 0.3) is 0 Å². The first-order chi connectivity index (χ1) is 12.8. The monoisotopic (exact) mass is 405 g/mol. The maximum Gasteiger partial charge on any atom is 0.250 e. The zero-order valence-corrected chi connectivity index (χ0v) is 17.2. The van der Waals surface area contributed by atoms with Gasteiger partial charge in [0.2, 0.25) is 5.91 Å². The Balaban J connectivity index is 1.61. The number of rotatable bonds is 5. The van der Waals surface area contributed by atoms with Crippen molar-refractivity contribution in [1.82, 2.24) is 4.98 Å². The van der Waals surface area contributed by atoms with E-state index in [1.807, 2.05) is 13.0 Å². The van der Waals surface area contributed by atoms with Gasteiger partial charge in [-0.25, -0.2) is 4.98 Å². The number of pyridine rings is 1. The number of nitrogens with zero attached hydrogens (tertiary/aromatic N) is 1. The predicted molar refractivity (Wildman–Crippen MR) is 112 cm³/mol. The first-order valence-corrected chi connectivity index (χ1v) is 10.1. The predicted octanol–water partition coefficient (Wildman–Crippen LogP) is 5.49. The lowest BCUT2D eigenvalue weighted by molar-refractivity contribution is 0.100. The molecular formula is C21H25Cl2N3O. The van der Waals surface area contributed by atoms with Crippen molar-refractivity contribution in [2.45, 2.75) is 45.4 Å². The Kier molecular flexibility index (Phi) is 6.28. The first-order valence-electron chi connectivity index (χ1n) is 9.31. The molecular weight excluding hydrogens is 381 g/mol. The third-order valence-corrected chi connectivity index (χ3v) is 5.93. The SMILES string of the molecule is Cc1cc(C)nc(NCC2CCC(c3cc(Cl)cc(C(N)=O)c3Cl)CC2)c1. The fourth-order valence-electron chi connectivity index (χ4n) is 3.95. The highest BCUT2D eigenvalue weighted by Gasteiger charge is 2.26. The summed E-state index contributed by atoms with van der Waals surface area (Å²) in [6.07, 6.45) is 4.23. The van der Waals surface area contributed by atoms with Gasteiger partial charge in [-0.05, 0) is 86.8 Å². The average molecular weight is 406 g/mol. The molecule has 6 heteroatoms. The Morgan fingerprint density at radius 3 is 2.48 bits per heavy atom. The lowest BCUT2D eigenvalue weighted by Gasteiger charge is -2.30. The summed E-state index contributed by atoms with van der Waals surface area (Å²) in [5, 5.41) is 4.43. The number of nitrogens with two attached hydrogens (primary N) is 1. The Bertz CT molecular complexity index is 825. The molecule has 1 heterocycles. The first kappa shape index (κ1) is 20.0. The minimum Gasteiger partial charge on any atom is -0.370 e. The molecule has 144 valence electrons. The van der Waals surface area contributed by atoms with Crippen molar-refractivity contribution in [3.05, 3.63) is 56.7 Å². The van der Waals surface area contributed by atoms with E-state index in [9.17, 15) is 4.79 Å². The van der Waals surface area contributed by atoms with Crippen LogP contribution in [0.1, 0.15) is 58.8 Å². The number of nitrogens with one attached hydrogen (secondary N) is 1. The van der Waals surface area contributed by atoms with Crippen molar-refractivity contribution >= 4 is 34.9 Å². The number of aromatic nitrogens is 1. The van der Waals surface area contributed by atoms with Crippen molar-refractivity contribution in [2.24, 2.45) is 11.7 Å². The van der Waals surface area contributed by atoms with Crippen LogP contribution in [-0.2, 0) is 0 Å². The van der Waals surface area contributed by atoms with Gasteiger partial charge in [0, 0.05) is 17.3 Å². The molecule has 1 saturated carbocycles. The minimum absolute atomic E-state index is 0.309. The molecule has 0 saturated heterocycles. The number of aryl methyl sites for hydroxylation is 2.